The van der Waals surface area contributed by atoms with E-state index in [1.54, 1.807) is 55.6 Å². The normalized spacial score (nSPS) is 16.8. The van der Waals surface area contributed by atoms with Crippen LogP contribution in [0.15, 0.2) is 72.3 Å². The Morgan fingerprint density at radius 3 is 2.35 bits per heavy atom. The van der Waals surface area contributed by atoms with Gasteiger partial charge in [0.15, 0.2) is 0 Å². The number of anilines is 1. The van der Waals surface area contributed by atoms with E-state index in [9.17, 15) is 14.7 Å². The Labute approximate surface area is 216 Å². The second-order valence-corrected chi connectivity index (χ2v) is 9.02. The summed E-state index contributed by atoms with van der Waals surface area (Å²) >= 11 is 0. The van der Waals surface area contributed by atoms with Gasteiger partial charge < -0.3 is 19.3 Å². The average Bonchev–Trinajstić information content (AvgIpc) is 3.14. The van der Waals surface area contributed by atoms with E-state index in [4.69, 9.17) is 14.2 Å². The standard InChI is InChI=1S/C30H31NO6/c1-6-36-23-13-11-22(12-14-23)31-27(20-8-7-9-24(17-20)37-18(2)3)26(29(33)30(31)34)28(32)21-10-15-25(35-5)19(4)16-21/h7-18,27,32H,6H2,1-5H3/b28-26+. The minimum absolute atomic E-state index is 0.00477. The zero-order chi connectivity index (χ0) is 26.7. The van der Waals surface area contributed by atoms with Gasteiger partial charge in [-0.05, 0) is 93.4 Å². The molecule has 1 aliphatic heterocycles. The molecule has 3 aromatic carbocycles. The molecule has 1 atom stereocenters. The quantitative estimate of drug-likeness (QED) is 0.238. The summed E-state index contributed by atoms with van der Waals surface area (Å²) in [5, 5.41) is 11.4. The average molecular weight is 502 g/mol. The Bertz CT molecular complexity index is 1340. The van der Waals surface area contributed by atoms with Crippen molar-refractivity contribution in [1.82, 2.24) is 0 Å². The van der Waals surface area contributed by atoms with Crippen LogP contribution in [0.25, 0.3) is 5.76 Å². The highest BCUT2D eigenvalue weighted by atomic mass is 16.5. The lowest BCUT2D eigenvalue weighted by Gasteiger charge is -2.26. The fourth-order valence-corrected chi connectivity index (χ4v) is 4.50. The maximum atomic E-state index is 13.4. The number of amides is 1. The zero-order valence-corrected chi connectivity index (χ0v) is 21.6. The molecule has 1 aliphatic rings. The van der Waals surface area contributed by atoms with Crippen molar-refractivity contribution in [2.24, 2.45) is 0 Å². The summed E-state index contributed by atoms with van der Waals surface area (Å²) in [5.41, 5.74) is 2.36. The molecular weight excluding hydrogens is 470 g/mol. The van der Waals surface area contributed by atoms with E-state index in [-0.39, 0.29) is 17.4 Å². The van der Waals surface area contributed by atoms with Crippen molar-refractivity contribution in [2.75, 3.05) is 18.6 Å². The van der Waals surface area contributed by atoms with Crippen LogP contribution in [0.5, 0.6) is 17.2 Å². The Hall–Kier alpha value is -4.26. The van der Waals surface area contributed by atoms with Crippen LogP contribution in [-0.2, 0) is 9.59 Å². The van der Waals surface area contributed by atoms with Crippen molar-refractivity contribution in [1.29, 1.82) is 0 Å². The van der Waals surface area contributed by atoms with Crippen molar-refractivity contribution in [3.8, 4) is 17.2 Å². The molecule has 0 bridgehead atoms. The van der Waals surface area contributed by atoms with Gasteiger partial charge in [0.25, 0.3) is 11.7 Å². The minimum Gasteiger partial charge on any atom is -0.507 e. The summed E-state index contributed by atoms with van der Waals surface area (Å²) in [6.07, 6.45) is -0.0602. The number of aliphatic hydroxyl groups is 1. The molecule has 1 unspecified atom stereocenters. The highest BCUT2D eigenvalue weighted by molar-refractivity contribution is 6.51. The number of hydrogen-bond acceptors (Lipinski definition) is 6. The first-order valence-corrected chi connectivity index (χ1v) is 12.2. The number of carbonyl (C=O) groups excluding carboxylic acids is 2. The largest absolute Gasteiger partial charge is 0.507 e. The molecule has 0 saturated carbocycles. The number of ketones is 1. The van der Waals surface area contributed by atoms with Gasteiger partial charge in [0.05, 0.1) is 31.4 Å². The van der Waals surface area contributed by atoms with Gasteiger partial charge in [-0.15, -0.1) is 0 Å². The van der Waals surface area contributed by atoms with Crippen LogP contribution in [0.4, 0.5) is 5.69 Å². The second kappa shape index (κ2) is 10.8. The highest BCUT2D eigenvalue weighted by Gasteiger charge is 2.47. The van der Waals surface area contributed by atoms with Crippen LogP contribution in [0.2, 0.25) is 0 Å². The molecule has 1 heterocycles. The predicted molar refractivity (Wildman–Crippen MR) is 142 cm³/mol. The number of rotatable bonds is 8. The summed E-state index contributed by atoms with van der Waals surface area (Å²) in [7, 11) is 1.57. The Morgan fingerprint density at radius 1 is 1.00 bits per heavy atom. The number of aryl methyl sites for hydroxylation is 1. The van der Waals surface area contributed by atoms with Crippen molar-refractivity contribution in [3.63, 3.8) is 0 Å². The van der Waals surface area contributed by atoms with Gasteiger partial charge in [0.2, 0.25) is 0 Å². The topological polar surface area (TPSA) is 85.3 Å². The fraction of sp³-hybridized carbons (Fsp3) is 0.267. The molecule has 3 aromatic rings. The maximum Gasteiger partial charge on any atom is 0.300 e. The number of methoxy groups -OCH3 is 1. The maximum absolute atomic E-state index is 13.4. The molecule has 7 heteroatoms. The monoisotopic (exact) mass is 501 g/mol. The van der Waals surface area contributed by atoms with Gasteiger partial charge in [-0.3, -0.25) is 14.5 Å². The third-order valence-electron chi connectivity index (χ3n) is 6.08. The second-order valence-electron chi connectivity index (χ2n) is 9.02. The summed E-state index contributed by atoms with van der Waals surface area (Å²) in [5.74, 6) is 0.167. The van der Waals surface area contributed by atoms with Gasteiger partial charge >= 0.3 is 0 Å². The summed E-state index contributed by atoms with van der Waals surface area (Å²) < 4.78 is 16.7. The fourth-order valence-electron chi connectivity index (χ4n) is 4.50. The summed E-state index contributed by atoms with van der Waals surface area (Å²) in [4.78, 5) is 28.3. The number of aliphatic hydroxyl groups excluding tert-OH is 1. The number of carbonyl (C=O) groups is 2. The van der Waals surface area contributed by atoms with E-state index in [2.05, 4.69) is 0 Å². The third-order valence-corrected chi connectivity index (χ3v) is 6.08. The molecule has 0 spiro atoms. The first-order chi connectivity index (χ1) is 17.7. The van der Waals surface area contributed by atoms with E-state index < -0.39 is 17.7 Å². The van der Waals surface area contributed by atoms with E-state index in [0.29, 0.717) is 40.7 Å². The lowest BCUT2D eigenvalue weighted by molar-refractivity contribution is -0.132. The van der Waals surface area contributed by atoms with Crippen LogP contribution in [0.1, 0.15) is 43.5 Å². The number of ether oxygens (including phenoxy) is 3. The first kappa shape index (κ1) is 25.8. The number of Topliss-reactive ketones (excluding diaryl/α,β-unsaturated/α-hetero) is 1. The summed E-state index contributed by atoms with van der Waals surface area (Å²) in [6.45, 7) is 8.08. The van der Waals surface area contributed by atoms with E-state index >= 15 is 0 Å². The Balaban J connectivity index is 1.90. The van der Waals surface area contributed by atoms with Crippen LogP contribution < -0.4 is 19.1 Å². The van der Waals surface area contributed by atoms with E-state index in [1.807, 2.05) is 45.9 Å². The molecule has 0 aliphatic carbocycles. The van der Waals surface area contributed by atoms with Crippen molar-refractivity contribution >= 4 is 23.1 Å². The lowest BCUT2D eigenvalue weighted by atomic mass is 9.94. The zero-order valence-electron chi connectivity index (χ0n) is 21.6. The van der Waals surface area contributed by atoms with Gasteiger partial charge in [0, 0.05) is 11.3 Å². The first-order valence-electron chi connectivity index (χ1n) is 12.2. The van der Waals surface area contributed by atoms with Crippen molar-refractivity contribution in [2.45, 2.75) is 39.8 Å². The molecular formula is C30H31NO6. The SMILES string of the molecule is CCOc1ccc(N2C(=O)C(=O)/C(=C(/O)c3ccc(OC)c(C)c3)C2c2cccc(OC(C)C)c2)cc1. The molecule has 1 fully saturated rings. The van der Waals surface area contributed by atoms with Crippen molar-refractivity contribution in [3.05, 3.63) is 89.0 Å². The smallest absolute Gasteiger partial charge is 0.300 e. The van der Waals surface area contributed by atoms with Crippen LogP contribution in [0, 0.1) is 6.92 Å². The van der Waals surface area contributed by atoms with Gasteiger partial charge in [-0.2, -0.15) is 0 Å². The molecule has 4 rings (SSSR count). The third kappa shape index (κ3) is 5.16. The Morgan fingerprint density at radius 2 is 1.73 bits per heavy atom. The molecule has 192 valence electrons. The molecule has 1 saturated heterocycles. The van der Waals surface area contributed by atoms with Crippen LogP contribution >= 0.6 is 0 Å². The van der Waals surface area contributed by atoms with Gasteiger partial charge in [-0.1, -0.05) is 12.1 Å². The minimum atomic E-state index is -0.865. The molecule has 0 aromatic heterocycles. The van der Waals surface area contributed by atoms with Crippen LogP contribution in [0.3, 0.4) is 0 Å². The number of nitrogens with zero attached hydrogens (tertiary/aromatic N) is 1. The van der Waals surface area contributed by atoms with Gasteiger partial charge in [-0.25, -0.2) is 0 Å². The molecule has 7 nitrogen and oxygen atoms in total. The molecule has 1 amide bonds. The van der Waals surface area contributed by atoms with Crippen molar-refractivity contribution < 1.29 is 28.9 Å². The van der Waals surface area contributed by atoms with E-state index in [0.717, 1.165) is 5.56 Å². The molecule has 0 radical (unpaired) electrons. The van der Waals surface area contributed by atoms with E-state index in [1.165, 1.54) is 4.90 Å². The number of hydrogen-bond donors (Lipinski definition) is 1. The summed E-state index contributed by atoms with van der Waals surface area (Å²) in [6, 6.07) is 18.5. The predicted octanol–water partition coefficient (Wildman–Crippen LogP) is 5.82. The highest BCUT2D eigenvalue weighted by Crippen LogP contribution is 2.43. The lowest BCUT2D eigenvalue weighted by Crippen LogP contribution is -2.29. The molecule has 1 N–H and O–H groups in total. The number of benzene rings is 3. The van der Waals surface area contributed by atoms with Gasteiger partial charge in [0.1, 0.15) is 23.0 Å². The van der Waals surface area contributed by atoms with Crippen LogP contribution in [-0.4, -0.2) is 36.6 Å². The molecule has 37 heavy (non-hydrogen) atoms. The Kier molecular flexibility index (Phi) is 7.53.